The zero-order valence-electron chi connectivity index (χ0n) is 11.6. The maximum atomic E-state index is 12.1. The summed E-state index contributed by atoms with van der Waals surface area (Å²) in [5.74, 6) is 5.68. The maximum absolute atomic E-state index is 12.1. The average molecular weight is 327 g/mol. The van der Waals surface area contributed by atoms with Gasteiger partial charge >= 0.3 is 0 Å². The molecule has 0 saturated carbocycles. The van der Waals surface area contributed by atoms with Gasteiger partial charge in [0.15, 0.2) is 5.82 Å². The molecule has 112 valence electrons. The van der Waals surface area contributed by atoms with Gasteiger partial charge in [-0.3, -0.25) is 10.1 Å². The second-order valence-corrected chi connectivity index (χ2v) is 6.22. The van der Waals surface area contributed by atoms with Gasteiger partial charge in [-0.05, 0) is 12.0 Å². The molecule has 0 fully saturated rings. The molecule has 4 N–H and O–H groups in total. The quantitative estimate of drug-likeness (QED) is 0.575. The van der Waals surface area contributed by atoms with Gasteiger partial charge in [-0.15, -0.1) is 10.2 Å². The van der Waals surface area contributed by atoms with Crippen molar-refractivity contribution in [1.29, 1.82) is 0 Å². The molecule has 21 heavy (non-hydrogen) atoms. The molecule has 0 aliphatic heterocycles. The van der Waals surface area contributed by atoms with Crippen LogP contribution in [0.2, 0.25) is 5.02 Å². The van der Waals surface area contributed by atoms with Gasteiger partial charge in [-0.2, -0.15) is 0 Å². The lowest BCUT2D eigenvalue weighted by Gasteiger charge is -2.04. The molecule has 0 aliphatic carbocycles. The van der Waals surface area contributed by atoms with Crippen LogP contribution in [0.5, 0.6) is 0 Å². The van der Waals surface area contributed by atoms with Crippen molar-refractivity contribution in [3.8, 4) is 0 Å². The Balaban J connectivity index is 2.07. The van der Waals surface area contributed by atoms with Crippen LogP contribution in [0.25, 0.3) is 0 Å². The number of rotatable bonds is 5. The molecule has 2 heterocycles. The number of nitrogens with zero attached hydrogens (tertiary/aromatic N) is 3. The van der Waals surface area contributed by atoms with E-state index in [2.05, 4.69) is 39.8 Å². The van der Waals surface area contributed by atoms with Crippen LogP contribution in [0, 0.1) is 5.92 Å². The minimum Gasteiger partial charge on any atom is -0.307 e. The summed E-state index contributed by atoms with van der Waals surface area (Å²) >= 11 is 7.28. The summed E-state index contributed by atoms with van der Waals surface area (Å²) in [7, 11) is 0. The number of hydrazine groups is 1. The molecule has 0 radical (unpaired) electrons. The predicted molar refractivity (Wildman–Crippen MR) is 83.5 cm³/mol. The Morgan fingerprint density at radius 2 is 2.24 bits per heavy atom. The highest BCUT2D eigenvalue weighted by atomic mass is 35.5. The van der Waals surface area contributed by atoms with Crippen LogP contribution in [0.4, 0.5) is 10.9 Å². The SMILES string of the molecule is CC(C)Cc1nnc(NC(=O)c2cnc(NN)c(Cl)c2)s1. The molecule has 0 atom stereocenters. The number of nitrogen functional groups attached to an aromatic ring is 1. The molecule has 0 saturated heterocycles. The van der Waals surface area contributed by atoms with Crippen LogP contribution in [-0.2, 0) is 6.42 Å². The van der Waals surface area contributed by atoms with Gasteiger partial charge in [0.25, 0.3) is 5.91 Å². The highest BCUT2D eigenvalue weighted by molar-refractivity contribution is 7.15. The minimum atomic E-state index is -0.347. The Labute approximate surface area is 130 Å². The Kier molecular flexibility index (Phi) is 5.05. The van der Waals surface area contributed by atoms with Crippen molar-refractivity contribution in [3.05, 3.63) is 27.9 Å². The van der Waals surface area contributed by atoms with Gasteiger partial charge in [0.2, 0.25) is 5.13 Å². The first-order valence-electron chi connectivity index (χ1n) is 6.25. The lowest BCUT2D eigenvalue weighted by molar-refractivity contribution is 0.102. The zero-order valence-corrected chi connectivity index (χ0v) is 13.1. The molecule has 9 heteroatoms. The number of amides is 1. The first kappa shape index (κ1) is 15.6. The minimum absolute atomic E-state index is 0.267. The van der Waals surface area contributed by atoms with Crippen LogP contribution in [0.15, 0.2) is 12.3 Å². The van der Waals surface area contributed by atoms with E-state index in [1.807, 2.05) is 0 Å². The fourth-order valence-corrected chi connectivity index (χ4v) is 2.74. The van der Waals surface area contributed by atoms with Crippen molar-refractivity contribution in [1.82, 2.24) is 15.2 Å². The van der Waals surface area contributed by atoms with E-state index in [0.29, 0.717) is 22.4 Å². The van der Waals surface area contributed by atoms with E-state index >= 15 is 0 Å². The van der Waals surface area contributed by atoms with Gasteiger partial charge in [0, 0.05) is 12.6 Å². The van der Waals surface area contributed by atoms with Crippen LogP contribution in [0.1, 0.15) is 29.2 Å². The predicted octanol–water partition coefficient (Wildman–Crippen LogP) is 2.32. The molecule has 0 spiro atoms. The number of anilines is 2. The van der Waals surface area contributed by atoms with Crippen molar-refractivity contribution in [3.63, 3.8) is 0 Å². The van der Waals surface area contributed by atoms with Crippen LogP contribution in [-0.4, -0.2) is 21.1 Å². The zero-order chi connectivity index (χ0) is 15.4. The molecule has 2 rings (SSSR count). The summed E-state index contributed by atoms with van der Waals surface area (Å²) in [6, 6.07) is 1.48. The molecule has 2 aromatic heterocycles. The first-order chi connectivity index (χ1) is 9.99. The van der Waals surface area contributed by atoms with Crippen LogP contribution in [0.3, 0.4) is 0 Å². The summed E-state index contributed by atoms with van der Waals surface area (Å²) in [6.07, 6.45) is 2.21. The molecular weight excluding hydrogens is 312 g/mol. The number of carbonyl (C=O) groups is 1. The molecule has 2 aromatic rings. The summed E-state index contributed by atoms with van der Waals surface area (Å²) in [6.45, 7) is 4.20. The lowest BCUT2D eigenvalue weighted by atomic mass is 10.1. The molecule has 0 unspecified atom stereocenters. The second kappa shape index (κ2) is 6.79. The van der Waals surface area contributed by atoms with E-state index < -0.39 is 0 Å². The Hall–Kier alpha value is -1.77. The van der Waals surface area contributed by atoms with Crippen molar-refractivity contribution in [2.45, 2.75) is 20.3 Å². The first-order valence-corrected chi connectivity index (χ1v) is 7.45. The van der Waals surface area contributed by atoms with E-state index in [4.69, 9.17) is 17.4 Å². The van der Waals surface area contributed by atoms with E-state index in [1.54, 1.807) is 0 Å². The summed E-state index contributed by atoms with van der Waals surface area (Å²) in [5.41, 5.74) is 2.66. The number of hydrogen-bond donors (Lipinski definition) is 3. The molecular formula is C12H15ClN6OS. The van der Waals surface area contributed by atoms with Crippen molar-refractivity contribution in [2.75, 3.05) is 10.7 Å². The van der Waals surface area contributed by atoms with Crippen LogP contribution >= 0.6 is 22.9 Å². The highest BCUT2D eigenvalue weighted by Crippen LogP contribution is 2.21. The van der Waals surface area contributed by atoms with E-state index in [0.717, 1.165) is 11.4 Å². The molecule has 1 amide bonds. The highest BCUT2D eigenvalue weighted by Gasteiger charge is 2.13. The van der Waals surface area contributed by atoms with Gasteiger partial charge in [-0.25, -0.2) is 10.8 Å². The summed E-state index contributed by atoms with van der Waals surface area (Å²) < 4.78 is 0. The standard InChI is InChI=1S/C12H15ClN6OS/c1-6(2)3-9-18-19-12(21-9)16-11(20)7-4-8(13)10(17-14)15-5-7/h4-6H,3,14H2,1-2H3,(H,15,17)(H,16,19,20). The smallest absolute Gasteiger partial charge is 0.259 e. The van der Waals surface area contributed by atoms with Gasteiger partial charge < -0.3 is 5.43 Å². The Morgan fingerprint density at radius 1 is 1.48 bits per heavy atom. The number of nitrogens with two attached hydrogens (primary N) is 1. The normalized spacial score (nSPS) is 10.7. The maximum Gasteiger partial charge on any atom is 0.259 e. The topological polar surface area (TPSA) is 106 Å². The second-order valence-electron chi connectivity index (χ2n) is 4.75. The number of hydrogen-bond acceptors (Lipinski definition) is 7. The van der Waals surface area contributed by atoms with Crippen molar-refractivity contribution in [2.24, 2.45) is 11.8 Å². The largest absolute Gasteiger partial charge is 0.307 e. The fraction of sp³-hybridized carbons (Fsp3) is 0.333. The summed E-state index contributed by atoms with van der Waals surface area (Å²) in [4.78, 5) is 16.0. The lowest BCUT2D eigenvalue weighted by Crippen LogP contribution is -2.14. The molecule has 0 bridgehead atoms. The molecule has 0 aliphatic rings. The molecule has 7 nitrogen and oxygen atoms in total. The van der Waals surface area contributed by atoms with Gasteiger partial charge in [0.1, 0.15) is 5.01 Å². The molecule has 0 aromatic carbocycles. The number of halogens is 1. The third-order valence-corrected chi connectivity index (χ3v) is 3.66. The third-order valence-electron chi connectivity index (χ3n) is 2.51. The average Bonchev–Trinajstić information content (AvgIpc) is 2.84. The van der Waals surface area contributed by atoms with Crippen molar-refractivity contribution < 1.29 is 4.79 Å². The monoisotopic (exact) mass is 326 g/mol. The number of aromatic nitrogens is 3. The van der Waals surface area contributed by atoms with Gasteiger partial charge in [-0.1, -0.05) is 36.8 Å². The number of nitrogens with one attached hydrogen (secondary N) is 2. The fourth-order valence-electron chi connectivity index (χ4n) is 1.57. The van der Waals surface area contributed by atoms with Crippen molar-refractivity contribution >= 4 is 39.8 Å². The van der Waals surface area contributed by atoms with E-state index in [-0.39, 0.29) is 10.9 Å². The Morgan fingerprint density at radius 3 is 2.86 bits per heavy atom. The van der Waals surface area contributed by atoms with Crippen LogP contribution < -0.4 is 16.6 Å². The third kappa shape index (κ3) is 4.10. The van der Waals surface area contributed by atoms with Gasteiger partial charge in [0.05, 0.1) is 10.6 Å². The number of pyridine rings is 1. The summed E-state index contributed by atoms with van der Waals surface area (Å²) in [5, 5.41) is 12.3. The Bertz CT molecular complexity index is 644. The van der Waals surface area contributed by atoms with E-state index in [9.17, 15) is 4.79 Å². The number of carbonyl (C=O) groups excluding carboxylic acids is 1. The van der Waals surface area contributed by atoms with E-state index in [1.165, 1.54) is 23.6 Å².